The predicted molar refractivity (Wildman–Crippen MR) is 312 cm³/mol. The molecule has 8 bridgehead atoms. The normalized spacial score (nSPS) is 12.8. The van der Waals surface area contributed by atoms with E-state index < -0.39 is 126 Å². The number of hydrogen-bond donors (Lipinski definition) is 0. The Morgan fingerprint density at radius 2 is 0.479 bits per heavy atom. The molecule has 0 saturated heterocycles. The number of halogens is 20. The van der Waals surface area contributed by atoms with Crippen molar-refractivity contribution in [1.82, 2.24) is 19.9 Å². The van der Waals surface area contributed by atoms with Gasteiger partial charge in [0.1, 0.15) is 26.2 Å². The number of rotatable bonds is 20. The maximum atomic E-state index is 14.4. The van der Waals surface area contributed by atoms with Gasteiger partial charge in [0, 0.05) is 99.9 Å². The molecule has 9 rings (SSSR count). The average molecular weight is 1390 g/mol. The number of pyridine rings is 4. The molecule has 0 spiro atoms. The van der Waals surface area contributed by atoms with Crippen molar-refractivity contribution < 1.29 is 123 Å². The van der Waals surface area contributed by atoms with Crippen molar-refractivity contribution in [2.24, 2.45) is 0 Å². The minimum Gasteiger partial charge on any atom is -0.656 e. The summed E-state index contributed by atoms with van der Waals surface area (Å²) < 4.78 is 281. The van der Waals surface area contributed by atoms with E-state index in [9.17, 15) is 87.8 Å². The van der Waals surface area contributed by atoms with Crippen molar-refractivity contribution in [2.75, 3.05) is 0 Å². The Balaban J connectivity index is 0.00000384. The van der Waals surface area contributed by atoms with Gasteiger partial charge in [-0.3, -0.25) is 0 Å². The van der Waals surface area contributed by atoms with Crippen molar-refractivity contribution >= 4 is 46.4 Å². The van der Waals surface area contributed by atoms with Gasteiger partial charge in [-0.15, -0.1) is 22.1 Å². The van der Waals surface area contributed by atoms with Crippen LogP contribution in [0.5, 0.6) is 0 Å². The fraction of sp³-hybridized carbons (Fsp3) is 0.308. The molecule has 7 aromatic rings. The fourth-order valence-corrected chi connectivity index (χ4v) is 10.2. The summed E-state index contributed by atoms with van der Waals surface area (Å²) in [6.07, 6.45) is -21.4. The maximum absolute atomic E-state index is 14.4. The molecule has 0 aromatic carbocycles. The van der Waals surface area contributed by atoms with Crippen LogP contribution in [-0.2, 0) is 43.2 Å². The second-order valence-electron chi connectivity index (χ2n) is 20.7. The Hall–Kier alpha value is -7.68. The van der Waals surface area contributed by atoms with Crippen molar-refractivity contribution in [2.45, 2.75) is 126 Å². The molecule has 1 radical (unpaired) electrons. The molecule has 94 heavy (non-hydrogen) atoms. The minimum atomic E-state index is -5.87. The molecule has 2 aliphatic heterocycles. The molecule has 2 aliphatic rings. The number of hydrogen-bond acceptors (Lipinski definition) is 2. The molecule has 0 atom stereocenters. The van der Waals surface area contributed by atoms with Gasteiger partial charge < -0.3 is 47.1 Å². The zero-order valence-electron chi connectivity index (χ0n) is 50.9. The number of alkyl halides is 20. The molecule has 0 unspecified atom stereocenters. The summed E-state index contributed by atoms with van der Waals surface area (Å²) in [5.41, 5.74) is 1.22. The molecule has 0 aliphatic carbocycles. The summed E-state index contributed by atoms with van der Waals surface area (Å²) >= 11 is 0. The molecule has 8 nitrogen and oxygen atoms in total. The average Bonchev–Trinajstić information content (AvgIpc) is 1.60. The summed E-state index contributed by atoms with van der Waals surface area (Å²) in [7, 11) is 0. The number of nitrogens with zero attached hydrogens (tertiary/aromatic N) is 8. The van der Waals surface area contributed by atoms with Crippen LogP contribution < -0.4 is 28.2 Å². The molecule has 0 saturated carbocycles. The van der Waals surface area contributed by atoms with Gasteiger partial charge in [0.25, 0.3) is 0 Å². The van der Waals surface area contributed by atoms with Crippen LogP contribution >= 0.6 is 0 Å². The quantitative estimate of drug-likeness (QED) is 0.0330. The summed E-state index contributed by atoms with van der Waals surface area (Å²) in [6.45, 7) is -1.79. The van der Waals surface area contributed by atoms with Crippen molar-refractivity contribution in [3.63, 3.8) is 0 Å². The molecular formula is C65H63F20MnN8-. The van der Waals surface area contributed by atoms with Crippen LogP contribution in [0.3, 0.4) is 0 Å². The van der Waals surface area contributed by atoms with E-state index in [0.717, 1.165) is 0 Å². The Morgan fingerprint density at radius 3 is 0.660 bits per heavy atom. The van der Waals surface area contributed by atoms with Crippen LogP contribution in [0.25, 0.3) is 91.4 Å². The Bertz CT molecular complexity index is 3440. The first-order valence-corrected chi connectivity index (χ1v) is 27.0. The van der Waals surface area contributed by atoms with Gasteiger partial charge in [-0.2, -0.15) is 106 Å². The SMILES string of the molecule is FC(F)(F)C(F)(F)CCC[n+]1ccccc1-c1c2nc(c(-c3cccc[n+]3CCCC(F)(F)C(F)(F)F)c3ccc([n-]3)c(-c3cccc[n+]3CCCC(F)(F)C(F)(F)F)c3nc(c(-c4cccc[n+]4CCCC(F)(F)C(F)(F)F)c4ccc1[n-]4)C=C3)C=C2.[CH3-].[CH3-].[CH3-].[CH3-].[CH3-].[Mn+2]. The minimum absolute atomic E-state index is 0. The van der Waals surface area contributed by atoms with E-state index in [2.05, 4.69) is 0 Å². The molecule has 0 amide bonds. The van der Waals surface area contributed by atoms with Gasteiger partial charge in [-0.1, -0.05) is 24.3 Å². The van der Waals surface area contributed by atoms with Crippen LogP contribution in [0.4, 0.5) is 87.8 Å². The summed E-state index contributed by atoms with van der Waals surface area (Å²) in [5.74, 6) is -20.3. The molecule has 511 valence electrons. The van der Waals surface area contributed by atoms with Gasteiger partial charge in [-0.05, 0) is 48.6 Å². The van der Waals surface area contributed by atoms with E-state index in [-0.39, 0.29) is 144 Å². The van der Waals surface area contributed by atoms with Gasteiger partial charge in [-0.25, -0.2) is 9.97 Å². The first kappa shape index (κ1) is 80.6. The maximum Gasteiger partial charge on any atom is 2.00 e. The standard InChI is InChI=1S/C60H48F20N8.5CH3.Mn/c61-53(62,57(69,70)71)25-9-33-85-29-5-1-13-45(85)49-37-17-19-39(81-37)50(46-14-2-6-30-86(46)34-10-26-54(63,64)58(72,73)74)41-21-23-43(83-41)52(48-16-4-8-32-88(48)36-12-28-56(67,68)60(78,79)80)44-24-22-42(84-44)51(40-20-18-38(49)82-40)47-15-3-7-31-87(47)35-11-27-55(65,66)59(75,76)77;;;;;;/h1-8,13-24,29-32H,9-12,25-28,33-36H2;5*1H3;/q+2;5*-1;+2. The zero-order chi connectivity index (χ0) is 63.8. The van der Waals surface area contributed by atoms with E-state index >= 15 is 0 Å². The summed E-state index contributed by atoms with van der Waals surface area (Å²) in [6, 6.07) is 23.8. The summed E-state index contributed by atoms with van der Waals surface area (Å²) in [5, 5.41) is 0. The van der Waals surface area contributed by atoms with E-state index in [1.807, 2.05) is 0 Å². The van der Waals surface area contributed by atoms with Crippen molar-refractivity contribution in [1.29, 1.82) is 0 Å². The van der Waals surface area contributed by atoms with E-state index in [1.165, 1.54) is 164 Å². The largest absolute Gasteiger partial charge is 2.00 e. The molecule has 29 heteroatoms. The van der Waals surface area contributed by atoms with Crippen LogP contribution in [0, 0.1) is 37.1 Å². The second-order valence-corrected chi connectivity index (χ2v) is 20.7. The van der Waals surface area contributed by atoms with E-state index in [1.54, 1.807) is 0 Å². The monoisotopic (exact) mass is 1390 g/mol. The zero-order valence-corrected chi connectivity index (χ0v) is 52.0. The molecule has 0 N–H and O–H groups in total. The molecule has 7 aromatic heterocycles. The summed E-state index contributed by atoms with van der Waals surface area (Å²) in [4.78, 5) is 20.0. The number of aromatic nitrogens is 8. The number of aryl methyl sites for hydroxylation is 4. The van der Waals surface area contributed by atoms with E-state index in [0.29, 0.717) is 0 Å². The van der Waals surface area contributed by atoms with Crippen LogP contribution in [0.15, 0.2) is 122 Å². The Labute approximate surface area is 540 Å². The molecule has 9 heterocycles. The van der Waals surface area contributed by atoms with Gasteiger partial charge in [0.05, 0.1) is 45.0 Å². The van der Waals surface area contributed by atoms with Crippen molar-refractivity contribution in [3.8, 4) is 45.0 Å². The Kier molecular flexibility index (Phi) is 26.4. The topological polar surface area (TPSA) is 69.5 Å². The fourth-order valence-electron chi connectivity index (χ4n) is 10.2. The van der Waals surface area contributed by atoms with Crippen LogP contribution in [0.1, 0.15) is 74.1 Å². The third-order valence-electron chi connectivity index (χ3n) is 14.6. The molecule has 0 fully saturated rings. The van der Waals surface area contributed by atoms with Gasteiger partial charge in [0.2, 0.25) is 22.8 Å². The number of fused-ring (bicyclic) bond motifs is 8. The third kappa shape index (κ3) is 17.2. The van der Waals surface area contributed by atoms with Crippen LogP contribution in [0.2, 0.25) is 0 Å². The van der Waals surface area contributed by atoms with E-state index in [4.69, 9.17) is 19.9 Å². The smallest absolute Gasteiger partial charge is 0.656 e. The van der Waals surface area contributed by atoms with Crippen LogP contribution in [-0.4, -0.2) is 58.4 Å². The predicted octanol–water partition coefficient (Wildman–Crippen LogP) is 17.9. The second kappa shape index (κ2) is 30.8. The van der Waals surface area contributed by atoms with Crippen molar-refractivity contribution in [3.05, 3.63) is 182 Å². The van der Waals surface area contributed by atoms with Gasteiger partial charge >= 0.3 is 65.5 Å². The first-order valence-electron chi connectivity index (χ1n) is 27.0. The van der Waals surface area contributed by atoms with Gasteiger partial charge in [0.15, 0.2) is 24.8 Å². The Morgan fingerprint density at radius 1 is 0.287 bits per heavy atom. The third-order valence-corrected chi connectivity index (χ3v) is 14.6. The molecular weight excluding hydrogens is 1330 g/mol. The first-order chi connectivity index (χ1) is 41.2.